The number of methoxy groups -OCH3 is 1. The van der Waals surface area contributed by atoms with Gasteiger partial charge in [-0.05, 0) is 80.8 Å². The Morgan fingerprint density at radius 2 is 1.88 bits per heavy atom. The topological polar surface area (TPSA) is 86.3 Å². The molecule has 0 unspecified atom stereocenters. The van der Waals surface area contributed by atoms with Crippen molar-refractivity contribution in [3.05, 3.63) is 52.4 Å². The zero-order valence-electron chi connectivity index (χ0n) is 19.2. The number of thioether (sulfide) groups is 1. The summed E-state index contributed by atoms with van der Waals surface area (Å²) in [7, 11) is 1.66. The molecule has 170 valence electrons. The van der Waals surface area contributed by atoms with Gasteiger partial charge in [0.15, 0.2) is 11.0 Å². The molecule has 1 aromatic carbocycles. The van der Waals surface area contributed by atoms with Crippen molar-refractivity contribution in [2.24, 2.45) is 10.1 Å². The highest BCUT2D eigenvalue weighted by Crippen LogP contribution is 2.33. The molecule has 1 fully saturated rings. The van der Waals surface area contributed by atoms with Crippen molar-refractivity contribution in [1.82, 2.24) is 14.5 Å². The number of nitrogens with one attached hydrogen (secondary N) is 1. The van der Waals surface area contributed by atoms with Crippen LogP contribution in [-0.2, 0) is 4.79 Å². The number of aliphatic imine (C=N–C) groups is 1. The first-order chi connectivity index (χ1) is 15.9. The molecule has 4 heterocycles. The number of fused-ring (bicyclic) bond motifs is 1. The van der Waals surface area contributed by atoms with E-state index in [1.165, 1.54) is 16.8 Å². The number of amidine groups is 3. The number of carbonyl (C=O) groups excluding carboxylic acids is 1. The number of ether oxygens (including phenoxy) is 1. The minimum absolute atomic E-state index is 0.0598. The van der Waals surface area contributed by atoms with Gasteiger partial charge in [0.1, 0.15) is 5.75 Å². The number of benzene rings is 1. The molecule has 1 amide bonds. The highest BCUT2D eigenvalue weighted by atomic mass is 32.2. The summed E-state index contributed by atoms with van der Waals surface area (Å²) >= 11 is 1.37. The van der Waals surface area contributed by atoms with Crippen LogP contribution >= 0.6 is 11.8 Å². The van der Waals surface area contributed by atoms with Gasteiger partial charge in [0, 0.05) is 24.5 Å². The second-order valence-electron chi connectivity index (χ2n) is 8.43. The molecule has 1 aromatic heterocycles. The fraction of sp³-hybridized carbons (Fsp3) is 0.333. The predicted molar refractivity (Wildman–Crippen MR) is 132 cm³/mol. The Balaban J connectivity index is 1.52. The highest BCUT2D eigenvalue weighted by molar-refractivity contribution is 8.26. The Hall–Kier alpha value is -3.33. The Morgan fingerprint density at radius 1 is 1.12 bits per heavy atom. The number of aromatic nitrogens is 1. The van der Waals surface area contributed by atoms with Crippen molar-refractivity contribution < 1.29 is 9.53 Å². The Kier molecular flexibility index (Phi) is 5.36. The molecule has 0 spiro atoms. The summed E-state index contributed by atoms with van der Waals surface area (Å²) < 4.78 is 7.70. The lowest BCUT2D eigenvalue weighted by molar-refractivity contribution is -0.114. The number of hydrazone groups is 1. The molecule has 8 nitrogen and oxygen atoms in total. The van der Waals surface area contributed by atoms with E-state index in [-0.39, 0.29) is 11.4 Å². The standard InChI is InChI=1S/C24H26N6O2S/c1-14-7-8-20(32-4)19(11-14)29-15(2)12-17(16(29)3)13-18-21(25)30-23(26-22(18)31)33-24(27-30)28-9-5-6-10-28/h7-8,11-13,25H,5-6,9-10H2,1-4H3/b18-13-,25-21?. The predicted octanol–water partition coefficient (Wildman–Crippen LogP) is 4.08. The van der Waals surface area contributed by atoms with Crippen LogP contribution in [-0.4, -0.2) is 56.8 Å². The molecule has 0 bridgehead atoms. The van der Waals surface area contributed by atoms with E-state index in [4.69, 9.17) is 10.1 Å². The molecule has 3 aliphatic heterocycles. The highest BCUT2D eigenvalue weighted by Gasteiger charge is 2.37. The van der Waals surface area contributed by atoms with Gasteiger partial charge in [-0.15, -0.1) is 5.10 Å². The lowest BCUT2D eigenvalue weighted by Crippen LogP contribution is -2.35. The quantitative estimate of drug-likeness (QED) is 0.695. The number of aryl methyl sites for hydroxylation is 2. The van der Waals surface area contributed by atoms with Crippen LogP contribution in [0.25, 0.3) is 11.8 Å². The lowest BCUT2D eigenvalue weighted by atomic mass is 10.1. The summed E-state index contributed by atoms with van der Waals surface area (Å²) in [6.45, 7) is 7.96. The van der Waals surface area contributed by atoms with Crippen molar-refractivity contribution >= 4 is 39.9 Å². The van der Waals surface area contributed by atoms with E-state index in [0.29, 0.717) is 5.17 Å². The molecule has 9 heteroatoms. The molecule has 0 atom stereocenters. The maximum absolute atomic E-state index is 12.9. The first kappa shape index (κ1) is 21.5. The summed E-state index contributed by atoms with van der Waals surface area (Å²) in [6, 6.07) is 8.07. The smallest absolute Gasteiger partial charge is 0.283 e. The van der Waals surface area contributed by atoms with Gasteiger partial charge in [-0.1, -0.05) is 6.07 Å². The Labute approximate surface area is 197 Å². The number of hydrogen-bond donors (Lipinski definition) is 1. The first-order valence-corrected chi connectivity index (χ1v) is 11.8. The van der Waals surface area contributed by atoms with Crippen LogP contribution in [0.2, 0.25) is 0 Å². The van der Waals surface area contributed by atoms with Gasteiger partial charge >= 0.3 is 0 Å². The first-order valence-electron chi connectivity index (χ1n) is 11.0. The van der Waals surface area contributed by atoms with Crippen LogP contribution in [0.3, 0.4) is 0 Å². The summed E-state index contributed by atoms with van der Waals surface area (Å²) in [4.78, 5) is 19.3. The van der Waals surface area contributed by atoms with Gasteiger partial charge < -0.3 is 14.2 Å². The third kappa shape index (κ3) is 3.66. The van der Waals surface area contributed by atoms with Gasteiger partial charge in [0.05, 0.1) is 18.4 Å². The van der Waals surface area contributed by atoms with E-state index in [1.54, 1.807) is 13.2 Å². The fourth-order valence-corrected chi connectivity index (χ4v) is 5.40. The number of carbonyl (C=O) groups is 1. The fourth-order valence-electron chi connectivity index (χ4n) is 4.45. The monoisotopic (exact) mass is 462 g/mol. The maximum atomic E-state index is 12.9. The van der Waals surface area contributed by atoms with Crippen LogP contribution in [0.5, 0.6) is 5.75 Å². The normalized spacial score (nSPS) is 19.3. The molecular formula is C24H26N6O2S. The van der Waals surface area contributed by atoms with E-state index in [2.05, 4.69) is 25.6 Å². The van der Waals surface area contributed by atoms with E-state index < -0.39 is 5.91 Å². The van der Waals surface area contributed by atoms with E-state index in [1.807, 2.05) is 39.0 Å². The van der Waals surface area contributed by atoms with Gasteiger partial charge in [0.2, 0.25) is 5.17 Å². The number of hydrogen-bond acceptors (Lipinski definition) is 6. The molecule has 3 aliphatic rings. The van der Waals surface area contributed by atoms with Crippen molar-refractivity contribution in [2.45, 2.75) is 33.6 Å². The Bertz CT molecular complexity index is 1270. The van der Waals surface area contributed by atoms with Gasteiger partial charge in [-0.2, -0.15) is 10.0 Å². The minimum atomic E-state index is -0.408. The largest absolute Gasteiger partial charge is 0.495 e. The second-order valence-corrected chi connectivity index (χ2v) is 9.37. The zero-order valence-corrected chi connectivity index (χ0v) is 20.0. The van der Waals surface area contributed by atoms with Crippen LogP contribution in [0.15, 0.2) is 39.9 Å². The Morgan fingerprint density at radius 3 is 2.61 bits per heavy atom. The van der Waals surface area contributed by atoms with Gasteiger partial charge in [0.25, 0.3) is 5.91 Å². The van der Waals surface area contributed by atoms with Crippen molar-refractivity contribution in [3.63, 3.8) is 0 Å². The number of amides is 1. The van der Waals surface area contributed by atoms with Gasteiger partial charge in [-0.3, -0.25) is 10.2 Å². The second kappa shape index (κ2) is 8.22. The summed E-state index contributed by atoms with van der Waals surface area (Å²) in [5, 5.41) is 16.0. The average molecular weight is 463 g/mol. The average Bonchev–Trinajstić information content (AvgIpc) is 3.51. The van der Waals surface area contributed by atoms with Crippen molar-refractivity contribution in [1.29, 1.82) is 5.41 Å². The maximum Gasteiger partial charge on any atom is 0.283 e. The van der Waals surface area contributed by atoms with Crippen LogP contribution in [0.4, 0.5) is 0 Å². The lowest BCUT2D eigenvalue weighted by Gasteiger charge is -2.20. The zero-order chi connectivity index (χ0) is 23.3. The van der Waals surface area contributed by atoms with Crippen LogP contribution < -0.4 is 4.74 Å². The van der Waals surface area contributed by atoms with E-state index in [0.717, 1.165) is 65.1 Å². The molecule has 2 aromatic rings. The number of rotatable bonds is 3. The third-order valence-corrected chi connectivity index (χ3v) is 7.14. The summed E-state index contributed by atoms with van der Waals surface area (Å²) in [6.07, 6.45) is 4.02. The summed E-state index contributed by atoms with van der Waals surface area (Å²) in [5.74, 6) is 0.425. The van der Waals surface area contributed by atoms with Crippen molar-refractivity contribution in [2.75, 3.05) is 20.2 Å². The molecule has 0 radical (unpaired) electrons. The number of nitrogens with zero attached hydrogens (tertiary/aromatic N) is 5. The molecule has 1 saturated heterocycles. The molecule has 33 heavy (non-hydrogen) atoms. The van der Waals surface area contributed by atoms with Crippen LogP contribution in [0.1, 0.15) is 35.4 Å². The molecule has 0 saturated carbocycles. The molecular weight excluding hydrogens is 436 g/mol. The molecule has 0 aliphatic carbocycles. The van der Waals surface area contributed by atoms with Crippen LogP contribution in [0, 0.1) is 26.2 Å². The van der Waals surface area contributed by atoms with Crippen molar-refractivity contribution in [3.8, 4) is 11.4 Å². The SMILES string of the molecule is COc1ccc(C)cc1-n1c(C)cc(/C=C2/C(=N)N3N=C(N4CCCC4)SC3=NC2=O)c1C. The third-order valence-electron chi connectivity index (χ3n) is 6.17. The molecule has 1 N–H and O–H groups in total. The van der Waals surface area contributed by atoms with E-state index >= 15 is 0 Å². The number of likely N-dealkylation sites (tertiary alicyclic amines) is 1. The molecule has 5 rings (SSSR count). The van der Waals surface area contributed by atoms with E-state index in [9.17, 15) is 4.79 Å². The van der Waals surface area contributed by atoms with Gasteiger partial charge in [-0.25, -0.2) is 0 Å². The minimum Gasteiger partial charge on any atom is -0.495 e. The summed E-state index contributed by atoms with van der Waals surface area (Å²) in [5.41, 5.74) is 5.13.